The van der Waals surface area contributed by atoms with Crippen LogP contribution in [0.4, 0.5) is 13.2 Å². The van der Waals surface area contributed by atoms with Crippen LogP contribution in [0, 0.1) is 0 Å². The highest BCUT2D eigenvalue weighted by Gasteiger charge is 2.58. The molecule has 1 N–H and O–H groups in total. The molecule has 0 radical (unpaired) electrons. The molecule has 0 bridgehead atoms. The molecule has 1 aliphatic heterocycles. The molecule has 1 saturated heterocycles. The van der Waals surface area contributed by atoms with E-state index < -0.39 is 11.9 Å². The molecule has 0 amide bonds. The average Bonchev–Trinajstić information content (AvgIpc) is 2.38. The summed E-state index contributed by atoms with van der Waals surface area (Å²) < 4.78 is 39.8. The topological polar surface area (TPSA) is 23.5 Å². The second-order valence-corrected chi connectivity index (χ2v) is 4.58. The van der Waals surface area contributed by atoms with Crippen molar-refractivity contribution in [3.05, 3.63) is 35.9 Å². The maximum absolute atomic E-state index is 13.3. The van der Waals surface area contributed by atoms with Crippen LogP contribution in [0.15, 0.2) is 30.3 Å². The van der Waals surface area contributed by atoms with Crippen LogP contribution in [0.5, 0.6) is 0 Å². The van der Waals surface area contributed by atoms with Gasteiger partial charge in [0.15, 0.2) is 0 Å². The SMILES string of the molecule is OC(c1ccccc1)(N1CCCCC1)C(F)(F)F. The number of benzene rings is 1. The summed E-state index contributed by atoms with van der Waals surface area (Å²) in [5.74, 6) is 0. The molecule has 100 valence electrons. The third-order valence-corrected chi connectivity index (χ3v) is 3.39. The van der Waals surface area contributed by atoms with E-state index in [1.165, 1.54) is 24.3 Å². The van der Waals surface area contributed by atoms with Gasteiger partial charge in [-0.15, -0.1) is 0 Å². The van der Waals surface area contributed by atoms with Crippen LogP contribution in [0.3, 0.4) is 0 Å². The summed E-state index contributed by atoms with van der Waals surface area (Å²) >= 11 is 0. The first-order valence-electron chi connectivity index (χ1n) is 6.06. The Labute approximate surface area is 104 Å². The second-order valence-electron chi connectivity index (χ2n) is 4.58. The number of alkyl halides is 3. The fraction of sp³-hybridized carbons (Fsp3) is 0.538. The van der Waals surface area contributed by atoms with Gasteiger partial charge in [-0.3, -0.25) is 4.90 Å². The van der Waals surface area contributed by atoms with Gasteiger partial charge < -0.3 is 5.11 Å². The van der Waals surface area contributed by atoms with Crippen molar-refractivity contribution in [2.45, 2.75) is 31.2 Å². The smallest absolute Gasteiger partial charge is 0.364 e. The maximum Gasteiger partial charge on any atom is 0.435 e. The Morgan fingerprint density at radius 2 is 1.50 bits per heavy atom. The number of aliphatic hydroxyl groups is 1. The summed E-state index contributed by atoms with van der Waals surface area (Å²) in [5.41, 5.74) is -2.98. The molecular weight excluding hydrogens is 243 g/mol. The van der Waals surface area contributed by atoms with Crippen LogP contribution >= 0.6 is 0 Å². The van der Waals surface area contributed by atoms with Crippen LogP contribution in [0.25, 0.3) is 0 Å². The van der Waals surface area contributed by atoms with E-state index in [1.54, 1.807) is 6.07 Å². The van der Waals surface area contributed by atoms with Gasteiger partial charge in [0.25, 0.3) is 0 Å². The molecule has 18 heavy (non-hydrogen) atoms. The number of hydrogen-bond acceptors (Lipinski definition) is 2. The quantitative estimate of drug-likeness (QED) is 0.882. The zero-order valence-corrected chi connectivity index (χ0v) is 9.95. The molecule has 5 heteroatoms. The van der Waals surface area contributed by atoms with E-state index >= 15 is 0 Å². The number of likely N-dealkylation sites (tertiary alicyclic amines) is 1. The number of halogens is 3. The van der Waals surface area contributed by atoms with Crippen molar-refractivity contribution < 1.29 is 18.3 Å². The summed E-state index contributed by atoms with van der Waals surface area (Å²) in [7, 11) is 0. The molecule has 0 aromatic heterocycles. The first-order chi connectivity index (χ1) is 8.46. The van der Waals surface area contributed by atoms with Gasteiger partial charge in [0.2, 0.25) is 5.72 Å². The van der Waals surface area contributed by atoms with Gasteiger partial charge in [-0.2, -0.15) is 13.2 Å². The summed E-state index contributed by atoms with van der Waals surface area (Å²) in [4.78, 5) is 1.13. The van der Waals surface area contributed by atoms with Crippen molar-refractivity contribution in [3.63, 3.8) is 0 Å². The highest BCUT2D eigenvalue weighted by atomic mass is 19.4. The lowest BCUT2D eigenvalue weighted by Gasteiger charge is -2.42. The number of piperidine rings is 1. The third kappa shape index (κ3) is 2.24. The molecular formula is C13H16F3NO. The Balaban J connectivity index is 2.40. The second kappa shape index (κ2) is 4.90. The monoisotopic (exact) mass is 259 g/mol. The Morgan fingerprint density at radius 3 is 2.00 bits per heavy atom. The Morgan fingerprint density at radius 1 is 0.944 bits per heavy atom. The van der Waals surface area contributed by atoms with Crippen molar-refractivity contribution in [1.29, 1.82) is 0 Å². The van der Waals surface area contributed by atoms with E-state index in [-0.39, 0.29) is 18.7 Å². The number of rotatable bonds is 2. The predicted molar refractivity (Wildman–Crippen MR) is 61.8 cm³/mol. The zero-order chi connectivity index (χ0) is 13.2. The largest absolute Gasteiger partial charge is 0.435 e. The predicted octanol–water partition coefficient (Wildman–Crippen LogP) is 2.88. The highest BCUT2D eigenvalue weighted by Crippen LogP contribution is 2.42. The normalized spacial score (nSPS) is 21.6. The summed E-state index contributed by atoms with van der Waals surface area (Å²) in [6.45, 7) is 0.538. The van der Waals surface area contributed by atoms with Crippen LogP contribution in [-0.4, -0.2) is 29.3 Å². The van der Waals surface area contributed by atoms with E-state index in [9.17, 15) is 18.3 Å². The van der Waals surface area contributed by atoms with Crippen molar-refractivity contribution in [2.75, 3.05) is 13.1 Å². The first-order valence-corrected chi connectivity index (χ1v) is 6.06. The van der Waals surface area contributed by atoms with E-state index in [0.717, 1.165) is 11.3 Å². The molecule has 1 aromatic carbocycles. The van der Waals surface area contributed by atoms with Gasteiger partial charge in [0.1, 0.15) is 0 Å². The molecule has 2 nitrogen and oxygen atoms in total. The fourth-order valence-corrected chi connectivity index (χ4v) is 2.41. The maximum atomic E-state index is 13.3. The summed E-state index contributed by atoms with van der Waals surface area (Å²) in [5, 5.41) is 10.2. The van der Waals surface area contributed by atoms with Gasteiger partial charge in [-0.05, 0) is 12.8 Å². The lowest BCUT2D eigenvalue weighted by Crippen LogP contribution is -2.57. The van der Waals surface area contributed by atoms with Crippen LogP contribution in [-0.2, 0) is 5.72 Å². The molecule has 1 aliphatic rings. The Hall–Kier alpha value is -1.07. The highest BCUT2D eigenvalue weighted by molar-refractivity contribution is 5.23. The molecule has 0 spiro atoms. The van der Waals surface area contributed by atoms with Crippen LogP contribution in [0.1, 0.15) is 24.8 Å². The molecule has 1 fully saturated rings. The van der Waals surface area contributed by atoms with Crippen molar-refractivity contribution in [3.8, 4) is 0 Å². The number of hydrogen-bond donors (Lipinski definition) is 1. The van der Waals surface area contributed by atoms with Crippen molar-refractivity contribution >= 4 is 0 Å². The van der Waals surface area contributed by atoms with Gasteiger partial charge in [-0.1, -0.05) is 36.8 Å². The minimum atomic E-state index is -4.70. The lowest BCUT2D eigenvalue weighted by molar-refractivity contribution is -0.326. The molecule has 1 atom stereocenters. The zero-order valence-electron chi connectivity index (χ0n) is 9.95. The first kappa shape index (κ1) is 13.4. The average molecular weight is 259 g/mol. The van der Waals surface area contributed by atoms with Crippen molar-refractivity contribution in [1.82, 2.24) is 4.90 Å². The summed E-state index contributed by atoms with van der Waals surface area (Å²) in [6, 6.07) is 7.30. The third-order valence-electron chi connectivity index (χ3n) is 3.39. The van der Waals surface area contributed by atoms with Gasteiger partial charge in [-0.25, -0.2) is 0 Å². The lowest BCUT2D eigenvalue weighted by atomic mass is 9.97. The van der Waals surface area contributed by atoms with Gasteiger partial charge in [0.05, 0.1) is 0 Å². The molecule has 1 unspecified atom stereocenters. The molecule has 0 saturated carbocycles. The van der Waals surface area contributed by atoms with Crippen molar-refractivity contribution in [2.24, 2.45) is 0 Å². The Bertz CT molecular complexity index is 387. The number of nitrogens with zero attached hydrogens (tertiary/aromatic N) is 1. The standard InChI is InChI=1S/C13H16F3NO/c14-13(15,16)12(18,11-7-3-1-4-8-11)17-9-5-2-6-10-17/h1,3-4,7-8,18H,2,5-6,9-10H2. The van der Waals surface area contributed by atoms with Crippen LogP contribution in [0.2, 0.25) is 0 Å². The molecule has 1 heterocycles. The fourth-order valence-electron chi connectivity index (χ4n) is 2.41. The van der Waals surface area contributed by atoms with Crippen LogP contribution < -0.4 is 0 Å². The minimum Gasteiger partial charge on any atom is -0.364 e. The van der Waals surface area contributed by atoms with E-state index in [2.05, 4.69) is 0 Å². The molecule has 1 aromatic rings. The van der Waals surface area contributed by atoms with E-state index in [0.29, 0.717) is 12.8 Å². The van der Waals surface area contributed by atoms with Gasteiger partial charge >= 0.3 is 6.18 Å². The Kier molecular flexibility index (Phi) is 3.64. The van der Waals surface area contributed by atoms with E-state index in [1.807, 2.05) is 0 Å². The minimum absolute atomic E-state index is 0.112. The van der Waals surface area contributed by atoms with Gasteiger partial charge in [0, 0.05) is 18.7 Å². The molecule has 2 rings (SSSR count). The van der Waals surface area contributed by atoms with E-state index in [4.69, 9.17) is 0 Å². The molecule has 0 aliphatic carbocycles. The summed E-state index contributed by atoms with van der Waals surface area (Å²) in [6.07, 6.45) is -2.42.